The summed E-state index contributed by atoms with van der Waals surface area (Å²) in [5.74, 6) is -0.127. The third-order valence-corrected chi connectivity index (χ3v) is 1.91. The molecule has 0 fully saturated rings. The van der Waals surface area contributed by atoms with Crippen LogP contribution in [0.25, 0.3) is 0 Å². The lowest BCUT2D eigenvalue weighted by atomic mass is 10.1. The molecule has 4 nitrogen and oxygen atoms in total. The molecule has 1 aromatic heterocycles. The number of pyridine rings is 1. The quantitative estimate of drug-likeness (QED) is 0.733. The third-order valence-electron chi connectivity index (χ3n) is 1.91. The molecule has 0 saturated heterocycles. The number of hydrogen-bond acceptors (Lipinski definition) is 4. The van der Waals surface area contributed by atoms with Crippen molar-refractivity contribution < 1.29 is 9.53 Å². The van der Waals surface area contributed by atoms with Crippen molar-refractivity contribution in [3.63, 3.8) is 0 Å². The van der Waals surface area contributed by atoms with Crippen LogP contribution in [0.15, 0.2) is 18.5 Å². The zero-order valence-electron chi connectivity index (χ0n) is 8.36. The van der Waals surface area contributed by atoms with Crippen LogP contribution in [0.3, 0.4) is 0 Å². The summed E-state index contributed by atoms with van der Waals surface area (Å²) in [6, 6.07) is 1.60. The van der Waals surface area contributed by atoms with E-state index in [1.54, 1.807) is 19.2 Å². The fourth-order valence-electron chi connectivity index (χ4n) is 1.16. The molecule has 0 saturated carbocycles. The molecule has 76 valence electrons. The number of ketones is 1. The fraction of sp³-hybridized carbons (Fsp3) is 0.400. The van der Waals surface area contributed by atoms with E-state index in [2.05, 4.69) is 4.98 Å². The molecule has 0 spiro atoms. The van der Waals surface area contributed by atoms with Crippen LogP contribution in [-0.4, -0.2) is 23.5 Å². The van der Waals surface area contributed by atoms with Crippen molar-refractivity contribution in [2.24, 2.45) is 0 Å². The van der Waals surface area contributed by atoms with Crippen molar-refractivity contribution in [1.82, 2.24) is 4.98 Å². The maximum atomic E-state index is 11.7. The highest BCUT2D eigenvalue weighted by Gasteiger charge is 2.17. The number of hydrogen-bond donors (Lipinski definition) is 1. The molecule has 0 aliphatic carbocycles. The van der Waals surface area contributed by atoms with Crippen molar-refractivity contribution in [2.75, 3.05) is 12.3 Å². The van der Waals surface area contributed by atoms with Crippen LogP contribution in [0.1, 0.15) is 24.2 Å². The predicted octanol–water partition coefficient (Wildman–Crippen LogP) is 1.27. The topological polar surface area (TPSA) is 65.2 Å². The van der Waals surface area contributed by atoms with Crippen LogP contribution in [0, 0.1) is 0 Å². The second kappa shape index (κ2) is 4.72. The van der Waals surface area contributed by atoms with Gasteiger partial charge in [-0.15, -0.1) is 0 Å². The summed E-state index contributed by atoms with van der Waals surface area (Å²) in [5.41, 5.74) is 6.50. The van der Waals surface area contributed by atoms with E-state index >= 15 is 0 Å². The minimum absolute atomic E-state index is 0.127. The molecule has 0 aromatic carbocycles. The predicted molar refractivity (Wildman–Crippen MR) is 54.1 cm³/mol. The molecule has 0 radical (unpaired) electrons. The molecular formula is C10H14N2O2. The first-order chi connectivity index (χ1) is 6.66. The van der Waals surface area contributed by atoms with Gasteiger partial charge in [-0.2, -0.15) is 0 Å². The molecular weight excluding hydrogens is 180 g/mol. The van der Waals surface area contributed by atoms with E-state index in [-0.39, 0.29) is 5.78 Å². The van der Waals surface area contributed by atoms with Gasteiger partial charge in [-0.05, 0) is 19.9 Å². The monoisotopic (exact) mass is 194 g/mol. The molecule has 4 heteroatoms. The molecule has 1 aromatic rings. The first-order valence-electron chi connectivity index (χ1n) is 4.52. The maximum Gasteiger partial charge on any atom is 0.194 e. The van der Waals surface area contributed by atoms with Crippen LogP contribution in [0.4, 0.5) is 5.69 Å². The van der Waals surface area contributed by atoms with E-state index in [9.17, 15) is 4.79 Å². The molecule has 1 unspecified atom stereocenters. The first kappa shape index (κ1) is 10.7. The molecule has 1 rings (SSSR count). The molecule has 0 aliphatic rings. The summed E-state index contributed by atoms with van der Waals surface area (Å²) in [6.07, 6.45) is 2.55. The normalized spacial score (nSPS) is 12.4. The third kappa shape index (κ3) is 2.29. The molecule has 14 heavy (non-hydrogen) atoms. The van der Waals surface area contributed by atoms with Gasteiger partial charge in [-0.1, -0.05) is 0 Å². The number of nitrogens with zero attached hydrogens (tertiary/aromatic N) is 1. The Bertz CT molecular complexity index is 326. The Labute approximate surface area is 83.1 Å². The van der Waals surface area contributed by atoms with Crippen molar-refractivity contribution in [3.05, 3.63) is 24.0 Å². The van der Waals surface area contributed by atoms with Crippen molar-refractivity contribution in [2.45, 2.75) is 20.0 Å². The standard InChI is InChI=1S/C10H14N2O2/c1-3-14-7(2)10(13)8-6-12-5-4-9(8)11/h4-7H,3H2,1-2H3,(H2,11,12). The van der Waals surface area contributed by atoms with Gasteiger partial charge in [0.05, 0.1) is 5.56 Å². The number of aromatic nitrogens is 1. The first-order valence-corrected chi connectivity index (χ1v) is 4.52. The highest BCUT2D eigenvalue weighted by Crippen LogP contribution is 2.12. The Morgan fingerprint density at radius 3 is 3.00 bits per heavy atom. The number of nitrogens with two attached hydrogens (primary N) is 1. The number of Topliss-reactive ketones (excluding diaryl/α,β-unsaturated/α-hetero) is 1. The molecule has 0 amide bonds. The lowest BCUT2D eigenvalue weighted by Gasteiger charge is -2.11. The van der Waals surface area contributed by atoms with Gasteiger partial charge in [-0.3, -0.25) is 9.78 Å². The minimum Gasteiger partial charge on any atom is -0.398 e. The highest BCUT2D eigenvalue weighted by atomic mass is 16.5. The van der Waals surface area contributed by atoms with E-state index in [1.807, 2.05) is 6.92 Å². The van der Waals surface area contributed by atoms with Crippen molar-refractivity contribution in [1.29, 1.82) is 0 Å². The largest absolute Gasteiger partial charge is 0.398 e. The van der Waals surface area contributed by atoms with Gasteiger partial charge >= 0.3 is 0 Å². The summed E-state index contributed by atoms with van der Waals surface area (Å²) < 4.78 is 5.18. The Kier molecular flexibility index (Phi) is 3.59. The summed E-state index contributed by atoms with van der Waals surface area (Å²) in [6.45, 7) is 4.06. The Hall–Kier alpha value is -1.42. The number of nitrogen functional groups attached to an aromatic ring is 1. The van der Waals surface area contributed by atoms with Crippen LogP contribution in [0.5, 0.6) is 0 Å². The second-order valence-electron chi connectivity index (χ2n) is 2.92. The van der Waals surface area contributed by atoms with Gasteiger partial charge in [0.2, 0.25) is 0 Å². The fourth-order valence-corrected chi connectivity index (χ4v) is 1.16. The summed E-state index contributed by atoms with van der Waals surface area (Å²) in [5, 5.41) is 0. The van der Waals surface area contributed by atoms with Crippen LogP contribution in [-0.2, 0) is 4.74 Å². The zero-order valence-corrected chi connectivity index (χ0v) is 8.36. The Balaban J connectivity index is 2.84. The van der Waals surface area contributed by atoms with E-state index < -0.39 is 6.10 Å². The molecule has 2 N–H and O–H groups in total. The Morgan fingerprint density at radius 2 is 2.43 bits per heavy atom. The maximum absolute atomic E-state index is 11.7. The van der Waals surface area contributed by atoms with Crippen LogP contribution < -0.4 is 5.73 Å². The number of carbonyl (C=O) groups excluding carboxylic acids is 1. The van der Waals surface area contributed by atoms with Gasteiger partial charge < -0.3 is 10.5 Å². The Morgan fingerprint density at radius 1 is 1.71 bits per heavy atom. The summed E-state index contributed by atoms with van der Waals surface area (Å²) in [7, 11) is 0. The highest BCUT2D eigenvalue weighted by molar-refractivity contribution is 6.03. The van der Waals surface area contributed by atoms with Crippen molar-refractivity contribution >= 4 is 11.5 Å². The zero-order chi connectivity index (χ0) is 10.6. The molecule has 1 atom stereocenters. The summed E-state index contributed by atoms with van der Waals surface area (Å²) >= 11 is 0. The van der Waals surface area contributed by atoms with E-state index in [0.717, 1.165) is 0 Å². The number of rotatable bonds is 4. The SMILES string of the molecule is CCOC(C)C(=O)c1cnccc1N. The number of carbonyl (C=O) groups is 1. The van der Waals surface area contributed by atoms with Gasteiger partial charge in [0.25, 0.3) is 0 Å². The minimum atomic E-state index is -0.466. The van der Waals surface area contributed by atoms with E-state index in [4.69, 9.17) is 10.5 Å². The number of ether oxygens (including phenoxy) is 1. The second-order valence-corrected chi connectivity index (χ2v) is 2.92. The van der Waals surface area contributed by atoms with Gasteiger partial charge in [-0.25, -0.2) is 0 Å². The molecule has 0 aliphatic heterocycles. The van der Waals surface area contributed by atoms with Crippen molar-refractivity contribution in [3.8, 4) is 0 Å². The van der Waals surface area contributed by atoms with Gasteiger partial charge in [0.1, 0.15) is 6.10 Å². The smallest absolute Gasteiger partial charge is 0.194 e. The van der Waals surface area contributed by atoms with E-state index in [0.29, 0.717) is 17.9 Å². The lowest BCUT2D eigenvalue weighted by molar-refractivity contribution is 0.0521. The van der Waals surface area contributed by atoms with Gasteiger partial charge in [0.15, 0.2) is 5.78 Å². The average Bonchev–Trinajstić information content (AvgIpc) is 2.18. The van der Waals surface area contributed by atoms with E-state index in [1.165, 1.54) is 6.20 Å². The van der Waals surface area contributed by atoms with Gasteiger partial charge in [0, 0.05) is 24.7 Å². The number of anilines is 1. The molecule has 0 bridgehead atoms. The summed E-state index contributed by atoms with van der Waals surface area (Å²) in [4.78, 5) is 15.6. The van der Waals surface area contributed by atoms with Crippen LogP contribution >= 0.6 is 0 Å². The van der Waals surface area contributed by atoms with Crippen LogP contribution in [0.2, 0.25) is 0 Å². The molecule has 1 heterocycles. The lowest BCUT2D eigenvalue weighted by Crippen LogP contribution is -2.22. The average molecular weight is 194 g/mol.